The van der Waals surface area contributed by atoms with Crippen LogP contribution in [0.25, 0.3) is 0 Å². The summed E-state index contributed by atoms with van der Waals surface area (Å²) in [5, 5.41) is 10.2. The van der Waals surface area contributed by atoms with Gasteiger partial charge in [-0.05, 0) is 6.07 Å². The van der Waals surface area contributed by atoms with E-state index < -0.39 is 5.97 Å². The smallest absolute Gasteiger partial charge is 0.543 e. The molecule has 1 aromatic rings. The predicted molar refractivity (Wildman–Crippen MR) is 38.0 cm³/mol. The van der Waals surface area contributed by atoms with Crippen molar-refractivity contribution in [3.63, 3.8) is 0 Å². The molecule has 0 amide bonds. The maximum absolute atomic E-state index is 10.3. The molecule has 2 N–H and O–H groups in total. The number of aromatic nitrogens is 1. The molecule has 1 aromatic heterocycles. The summed E-state index contributed by atoms with van der Waals surface area (Å²) >= 11 is 5.48. The van der Waals surface area contributed by atoms with Gasteiger partial charge < -0.3 is 15.6 Å². The van der Waals surface area contributed by atoms with E-state index >= 15 is 0 Å². The number of hydrogen-bond acceptors (Lipinski definition) is 4. The number of rotatable bonds is 1. The van der Waals surface area contributed by atoms with E-state index in [1.54, 1.807) is 0 Å². The van der Waals surface area contributed by atoms with Crippen molar-refractivity contribution in [2.45, 2.75) is 0 Å². The van der Waals surface area contributed by atoms with E-state index in [-0.39, 0.29) is 46.0 Å². The summed E-state index contributed by atoms with van der Waals surface area (Å²) in [5.41, 5.74) is 5.15. The van der Waals surface area contributed by atoms with Gasteiger partial charge in [0.1, 0.15) is 5.69 Å². The fourth-order valence-electron chi connectivity index (χ4n) is 0.601. The minimum absolute atomic E-state index is 0. The molecule has 0 bridgehead atoms. The summed E-state index contributed by atoms with van der Waals surface area (Å²) in [4.78, 5) is 13.7. The third-order valence-corrected chi connectivity index (χ3v) is 1.51. The van der Waals surface area contributed by atoms with Crippen LogP contribution in [0.3, 0.4) is 0 Å². The van der Waals surface area contributed by atoms with Crippen molar-refractivity contribution >= 4 is 23.3 Å². The molecule has 0 aliphatic rings. The standard InChI is InChI=1S/C6H5ClN2O2.Na/c7-4-3(8)1-2-9-5(4)6(10)11;/h1-2H,(H2,8,9)(H,10,11);/q;+1/p-1. The van der Waals surface area contributed by atoms with Gasteiger partial charge in [-0.3, -0.25) is 4.98 Å². The molecule has 0 fully saturated rings. The fourth-order valence-corrected chi connectivity index (χ4v) is 0.790. The number of hydrogen-bond donors (Lipinski definition) is 1. The number of nitrogens with zero attached hydrogens (tertiary/aromatic N) is 1. The second-order valence-electron chi connectivity index (χ2n) is 1.85. The van der Waals surface area contributed by atoms with E-state index in [0.717, 1.165) is 0 Å². The zero-order chi connectivity index (χ0) is 8.43. The SMILES string of the molecule is Nc1ccnc(C(=O)[O-])c1Cl.[Na+]. The Morgan fingerprint density at radius 3 is 2.67 bits per heavy atom. The number of anilines is 1. The first kappa shape index (κ1) is 11.7. The molecule has 0 aliphatic heterocycles. The van der Waals surface area contributed by atoms with Crippen molar-refractivity contribution in [2.75, 3.05) is 5.73 Å². The van der Waals surface area contributed by atoms with E-state index in [4.69, 9.17) is 17.3 Å². The molecule has 0 radical (unpaired) electrons. The Labute approximate surface area is 96.0 Å². The van der Waals surface area contributed by atoms with Crippen LogP contribution in [0, 0.1) is 0 Å². The van der Waals surface area contributed by atoms with Crippen LogP contribution in [0.5, 0.6) is 0 Å². The number of carbonyl (C=O) groups is 1. The first-order chi connectivity index (χ1) is 5.13. The first-order valence-electron chi connectivity index (χ1n) is 2.74. The van der Waals surface area contributed by atoms with Crippen LogP contribution in [0.2, 0.25) is 5.02 Å². The fraction of sp³-hybridized carbons (Fsp3) is 0. The second-order valence-corrected chi connectivity index (χ2v) is 2.23. The number of pyridine rings is 1. The third kappa shape index (κ3) is 2.35. The summed E-state index contributed by atoms with van der Waals surface area (Å²) in [6.07, 6.45) is 1.26. The summed E-state index contributed by atoms with van der Waals surface area (Å²) in [6.45, 7) is 0. The normalized spacial score (nSPS) is 8.75. The monoisotopic (exact) mass is 194 g/mol. The van der Waals surface area contributed by atoms with Crippen LogP contribution in [0.1, 0.15) is 10.5 Å². The van der Waals surface area contributed by atoms with Gasteiger partial charge in [-0.1, -0.05) is 11.6 Å². The Bertz CT molecular complexity index is 306. The Kier molecular flexibility index (Phi) is 4.55. The minimum atomic E-state index is -1.43. The van der Waals surface area contributed by atoms with E-state index in [9.17, 15) is 9.90 Å². The van der Waals surface area contributed by atoms with Gasteiger partial charge >= 0.3 is 29.6 Å². The number of nitrogens with two attached hydrogens (primary N) is 1. The van der Waals surface area contributed by atoms with Gasteiger partial charge in [0.05, 0.1) is 16.7 Å². The Balaban J connectivity index is 0.00000121. The van der Waals surface area contributed by atoms with Gasteiger partial charge in [0.25, 0.3) is 0 Å². The number of nitrogen functional groups attached to an aromatic ring is 1. The van der Waals surface area contributed by atoms with Crippen molar-refractivity contribution < 1.29 is 39.5 Å². The molecular formula is C6H4ClN2NaO2. The van der Waals surface area contributed by atoms with Gasteiger partial charge in [-0.2, -0.15) is 0 Å². The predicted octanol–water partition coefficient (Wildman–Crippen LogP) is -3.32. The van der Waals surface area contributed by atoms with Crippen molar-refractivity contribution in [3.05, 3.63) is 23.0 Å². The summed E-state index contributed by atoms with van der Waals surface area (Å²) < 4.78 is 0. The van der Waals surface area contributed by atoms with E-state index in [0.29, 0.717) is 0 Å². The van der Waals surface area contributed by atoms with Gasteiger partial charge in [-0.25, -0.2) is 0 Å². The Morgan fingerprint density at radius 2 is 2.25 bits per heavy atom. The van der Waals surface area contributed by atoms with Crippen LogP contribution in [0.15, 0.2) is 12.3 Å². The molecule has 0 atom stereocenters. The van der Waals surface area contributed by atoms with Gasteiger partial charge in [0, 0.05) is 6.20 Å². The van der Waals surface area contributed by atoms with E-state index in [1.807, 2.05) is 0 Å². The first-order valence-corrected chi connectivity index (χ1v) is 3.12. The van der Waals surface area contributed by atoms with E-state index in [2.05, 4.69) is 4.98 Å². The van der Waals surface area contributed by atoms with Gasteiger partial charge in [-0.15, -0.1) is 0 Å². The quantitative estimate of drug-likeness (QED) is 0.475. The van der Waals surface area contributed by atoms with Crippen LogP contribution in [-0.2, 0) is 0 Å². The van der Waals surface area contributed by atoms with Crippen LogP contribution >= 0.6 is 11.6 Å². The average molecular weight is 195 g/mol. The van der Waals surface area contributed by atoms with Crippen molar-refractivity contribution in [1.29, 1.82) is 0 Å². The summed E-state index contributed by atoms with van der Waals surface area (Å²) in [5.74, 6) is -1.43. The molecule has 12 heavy (non-hydrogen) atoms. The molecule has 4 nitrogen and oxygen atoms in total. The van der Waals surface area contributed by atoms with Crippen molar-refractivity contribution in [3.8, 4) is 0 Å². The largest absolute Gasteiger partial charge is 1.00 e. The number of carboxylic acid groups (broad SMARTS) is 1. The molecule has 6 heteroatoms. The van der Waals surface area contributed by atoms with Gasteiger partial charge in [0.15, 0.2) is 0 Å². The Morgan fingerprint density at radius 1 is 1.67 bits per heavy atom. The van der Waals surface area contributed by atoms with Crippen LogP contribution in [-0.4, -0.2) is 11.0 Å². The van der Waals surface area contributed by atoms with Crippen molar-refractivity contribution in [2.24, 2.45) is 0 Å². The number of halogens is 1. The summed E-state index contributed by atoms with van der Waals surface area (Å²) in [7, 11) is 0. The topological polar surface area (TPSA) is 79.0 Å². The Hall–Kier alpha value is -0.290. The molecule has 1 heterocycles. The molecule has 0 aliphatic carbocycles. The molecule has 1 rings (SSSR count). The molecule has 0 unspecified atom stereocenters. The molecule has 0 saturated heterocycles. The number of carbonyl (C=O) groups excluding carboxylic acids is 1. The average Bonchev–Trinajstić information content (AvgIpc) is 1.94. The van der Waals surface area contributed by atoms with E-state index in [1.165, 1.54) is 12.3 Å². The zero-order valence-electron chi connectivity index (χ0n) is 6.37. The third-order valence-electron chi connectivity index (χ3n) is 1.11. The van der Waals surface area contributed by atoms with Crippen molar-refractivity contribution in [1.82, 2.24) is 4.98 Å². The number of aromatic carboxylic acids is 1. The molecular weight excluding hydrogens is 191 g/mol. The second kappa shape index (κ2) is 4.67. The minimum Gasteiger partial charge on any atom is -0.543 e. The molecule has 58 valence electrons. The number of carboxylic acids is 1. The maximum Gasteiger partial charge on any atom is 1.00 e. The van der Waals surface area contributed by atoms with Crippen LogP contribution in [0.4, 0.5) is 5.69 Å². The molecule has 0 aromatic carbocycles. The molecule has 0 saturated carbocycles. The van der Waals surface area contributed by atoms with Gasteiger partial charge in [0.2, 0.25) is 0 Å². The van der Waals surface area contributed by atoms with Crippen LogP contribution < -0.4 is 40.4 Å². The maximum atomic E-state index is 10.3. The summed E-state index contributed by atoms with van der Waals surface area (Å²) in [6, 6.07) is 1.41. The zero-order valence-corrected chi connectivity index (χ0v) is 9.13. The molecule has 0 spiro atoms.